The van der Waals surface area contributed by atoms with Crippen molar-refractivity contribution in [2.45, 2.75) is 44.8 Å². The van der Waals surface area contributed by atoms with Gasteiger partial charge in [0.25, 0.3) is 0 Å². The van der Waals surface area contributed by atoms with Gasteiger partial charge in [-0.05, 0) is 44.6 Å². The first-order valence-corrected chi connectivity index (χ1v) is 6.48. The van der Waals surface area contributed by atoms with Crippen LogP contribution in [0, 0.1) is 5.92 Å². The summed E-state index contributed by atoms with van der Waals surface area (Å²) in [6, 6.07) is 0.582. The summed E-state index contributed by atoms with van der Waals surface area (Å²) in [7, 11) is 0. The molecule has 2 unspecified atom stereocenters. The Balaban J connectivity index is 1.66. The van der Waals surface area contributed by atoms with Gasteiger partial charge in [0, 0.05) is 25.8 Å². The molecule has 1 fully saturated rings. The summed E-state index contributed by atoms with van der Waals surface area (Å²) in [5.74, 6) is 0.771. The SMILES string of the molecule is CC(NCC1CCC=CO1)C1CCOCC1. The zero-order valence-corrected chi connectivity index (χ0v) is 10.2. The minimum atomic E-state index is 0.368. The standard InChI is InChI=1S/C13H23NO2/c1-11(12-5-8-15-9-6-12)14-10-13-4-2-3-7-16-13/h3,7,11-14H,2,4-6,8-10H2,1H3. The number of rotatable bonds is 4. The highest BCUT2D eigenvalue weighted by atomic mass is 16.5. The lowest BCUT2D eigenvalue weighted by atomic mass is 9.93. The molecule has 0 saturated carbocycles. The normalized spacial score (nSPS) is 28.7. The molecule has 1 saturated heterocycles. The second-order valence-corrected chi connectivity index (χ2v) is 4.85. The first kappa shape index (κ1) is 11.9. The molecule has 3 nitrogen and oxygen atoms in total. The minimum absolute atomic E-state index is 0.368. The van der Waals surface area contributed by atoms with Crippen LogP contribution in [0.4, 0.5) is 0 Å². The van der Waals surface area contributed by atoms with E-state index >= 15 is 0 Å². The number of nitrogens with one attached hydrogen (secondary N) is 1. The number of allylic oxidation sites excluding steroid dienone is 1. The molecule has 2 aliphatic heterocycles. The molecule has 0 amide bonds. The van der Waals surface area contributed by atoms with Crippen LogP contribution in [-0.2, 0) is 9.47 Å². The van der Waals surface area contributed by atoms with E-state index in [2.05, 4.69) is 18.3 Å². The fraction of sp³-hybridized carbons (Fsp3) is 0.846. The van der Waals surface area contributed by atoms with Crippen molar-refractivity contribution in [1.82, 2.24) is 5.32 Å². The summed E-state index contributed by atoms with van der Waals surface area (Å²) in [4.78, 5) is 0. The molecule has 16 heavy (non-hydrogen) atoms. The van der Waals surface area contributed by atoms with E-state index in [0.717, 1.165) is 38.5 Å². The number of hydrogen-bond donors (Lipinski definition) is 1. The summed E-state index contributed by atoms with van der Waals surface area (Å²) in [5.41, 5.74) is 0. The van der Waals surface area contributed by atoms with Crippen molar-refractivity contribution < 1.29 is 9.47 Å². The number of ether oxygens (including phenoxy) is 2. The summed E-state index contributed by atoms with van der Waals surface area (Å²) in [6.07, 6.45) is 8.99. The molecule has 0 aromatic carbocycles. The van der Waals surface area contributed by atoms with Gasteiger partial charge in [0.1, 0.15) is 6.10 Å². The van der Waals surface area contributed by atoms with Crippen LogP contribution < -0.4 is 5.32 Å². The van der Waals surface area contributed by atoms with Gasteiger partial charge in [-0.25, -0.2) is 0 Å². The Kier molecular flexibility index (Phi) is 4.67. The highest BCUT2D eigenvalue weighted by molar-refractivity contribution is 4.84. The summed E-state index contributed by atoms with van der Waals surface area (Å²) < 4.78 is 10.9. The highest BCUT2D eigenvalue weighted by Crippen LogP contribution is 2.19. The van der Waals surface area contributed by atoms with Gasteiger partial charge in [-0.1, -0.05) is 0 Å². The van der Waals surface area contributed by atoms with Crippen LogP contribution in [0.5, 0.6) is 0 Å². The molecular weight excluding hydrogens is 202 g/mol. The summed E-state index contributed by atoms with van der Waals surface area (Å²) >= 11 is 0. The van der Waals surface area contributed by atoms with Crippen LogP contribution in [0.25, 0.3) is 0 Å². The van der Waals surface area contributed by atoms with Crippen LogP contribution in [-0.4, -0.2) is 31.9 Å². The van der Waals surface area contributed by atoms with Crippen molar-refractivity contribution in [2.24, 2.45) is 5.92 Å². The van der Waals surface area contributed by atoms with Gasteiger partial charge in [-0.3, -0.25) is 0 Å². The molecular formula is C13H23NO2. The van der Waals surface area contributed by atoms with E-state index < -0.39 is 0 Å². The lowest BCUT2D eigenvalue weighted by molar-refractivity contribution is 0.0521. The molecule has 1 N–H and O–H groups in total. The Morgan fingerprint density at radius 1 is 1.31 bits per heavy atom. The third kappa shape index (κ3) is 3.49. The van der Waals surface area contributed by atoms with Crippen molar-refractivity contribution in [2.75, 3.05) is 19.8 Å². The smallest absolute Gasteiger partial charge is 0.110 e. The first-order chi connectivity index (χ1) is 7.86. The summed E-state index contributed by atoms with van der Waals surface area (Å²) in [5, 5.41) is 3.61. The zero-order chi connectivity index (χ0) is 11.2. The van der Waals surface area contributed by atoms with E-state index in [9.17, 15) is 0 Å². The van der Waals surface area contributed by atoms with Crippen LogP contribution in [0.3, 0.4) is 0 Å². The fourth-order valence-corrected chi connectivity index (χ4v) is 2.43. The van der Waals surface area contributed by atoms with Crippen molar-refractivity contribution >= 4 is 0 Å². The molecule has 2 atom stereocenters. The van der Waals surface area contributed by atoms with E-state index in [4.69, 9.17) is 9.47 Å². The fourth-order valence-electron chi connectivity index (χ4n) is 2.43. The van der Waals surface area contributed by atoms with Gasteiger partial charge in [0.15, 0.2) is 0 Å². The van der Waals surface area contributed by atoms with Crippen LogP contribution in [0.1, 0.15) is 32.6 Å². The second kappa shape index (κ2) is 6.26. The van der Waals surface area contributed by atoms with Crippen molar-refractivity contribution in [1.29, 1.82) is 0 Å². The first-order valence-electron chi connectivity index (χ1n) is 6.48. The van der Waals surface area contributed by atoms with Gasteiger partial charge in [0.2, 0.25) is 0 Å². The Morgan fingerprint density at radius 2 is 2.12 bits per heavy atom. The predicted molar refractivity (Wildman–Crippen MR) is 64.3 cm³/mol. The van der Waals surface area contributed by atoms with E-state index in [0.29, 0.717) is 12.1 Å². The Bertz CT molecular complexity index is 224. The molecule has 0 aliphatic carbocycles. The highest BCUT2D eigenvalue weighted by Gasteiger charge is 2.21. The minimum Gasteiger partial charge on any atom is -0.497 e. The van der Waals surface area contributed by atoms with Crippen molar-refractivity contribution in [3.05, 3.63) is 12.3 Å². The third-order valence-electron chi connectivity index (χ3n) is 3.66. The average Bonchev–Trinajstić information content (AvgIpc) is 2.38. The second-order valence-electron chi connectivity index (χ2n) is 4.85. The van der Waals surface area contributed by atoms with Crippen molar-refractivity contribution in [3.8, 4) is 0 Å². The summed E-state index contributed by atoms with van der Waals surface area (Å²) in [6.45, 7) is 5.12. The molecule has 0 bridgehead atoms. The molecule has 2 aliphatic rings. The lowest BCUT2D eigenvalue weighted by Gasteiger charge is -2.30. The molecule has 3 heteroatoms. The van der Waals surface area contributed by atoms with Gasteiger partial charge < -0.3 is 14.8 Å². The van der Waals surface area contributed by atoms with Gasteiger partial charge in [-0.15, -0.1) is 0 Å². The van der Waals surface area contributed by atoms with Gasteiger partial charge in [0.05, 0.1) is 6.26 Å². The Morgan fingerprint density at radius 3 is 2.81 bits per heavy atom. The van der Waals surface area contributed by atoms with E-state index in [1.165, 1.54) is 12.8 Å². The largest absolute Gasteiger partial charge is 0.497 e. The molecule has 2 heterocycles. The van der Waals surface area contributed by atoms with E-state index in [-0.39, 0.29) is 0 Å². The van der Waals surface area contributed by atoms with Crippen LogP contribution in [0.2, 0.25) is 0 Å². The molecule has 0 spiro atoms. The van der Waals surface area contributed by atoms with Gasteiger partial charge in [-0.2, -0.15) is 0 Å². The average molecular weight is 225 g/mol. The lowest BCUT2D eigenvalue weighted by Crippen LogP contribution is -2.41. The topological polar surface area (TPSA) is 30.5 Å². The molecule has 0 aromatic rings. The van der Waals surface area contributed by atoms with Crippen molar-refractivity contribution in [3.63, 3.8) is 0 Å². The Labute approximate surface area is 98.2 Å². The zero-order valence-electron chi connectivity index (χ0n) is 10.2. The van der Waals surface area contributed by atoms with Crippen LogP contribution >= 0.6 is 0 Å². The molecule has 2 rings (SSSR count). The van der Waals surface area contributed by atoms with Gasteiger partial charge >= 0.3 is 0 Å². The third-order valence-corrected chi connectivity index (χ3v) is 3.66. The predicted octanol–water partition coefficient (Wildman–Crippen LogP) is 2.08. The Hall–Kier alpha value is -0.540. The van der Waals surface area contributed by atoms with E-state index in [1.54, 1.807) is 0 Å². The van der Waals surface area contributed by atoms with E-state index in [1.807, 2.05) is 6.26 Å². The monoisotopic (exact) mass is 225 g/mol. The molecule has 92 valence electrons. The molecule has 0 radical (unpaired) electrons. The maximum absolute atomic E-state index is 5.55. The van der Waals surface area contributed by atoms with Crippen LogP contribution in [0.15, 0.2) is 12.3 Å². The maximum Gasteiger partial charge on any atom is 0.110 e. The maximum atomic E-state index is 5.55. The number of hydrogen-bond acceptors (Lipinski definition) is 3. The molecule has 0 aromatic heterocycles. The quantitative estimate of drug-likeness (QED) is 0.794.